The van der Waals surface area contributed by atoms with Crippen molar-refractivity contribution in [3.8, 4) is 0 Å². The summed E-state index contributed by atoms with van der Waals surface area (Å²) in [6, 6.07) is -0.716. The topological polar surface area (TPSA) is 181 Å². The molecule has 0 spiro atoms. The van der Waals surface area contributed by atoms with Crippen molar-refractivity contribution >= 4 is 23.7 Å². The number of ketones is 1. The normalized spacial score (nSPS) is 10.9. The van der Waals surface area contributed by atoms with Crippen molar-refractivity contribution in [2.45, 2.75) is 38.1 Å². The van der Waals surface area contributed by atoms with Crippen LogP contribution in [0.2, 0.25) is 0 Å². The first-order valence-electron chi connectivity index (χ1n) is 5.88. The van der Waals surface area contributed by atoms with E-state index in [4.69, 9.17) is 26.8 Å². The van der Waals surface area contributed by atoms with Gasteiger partial charge in [0.25, 0.3) is 0 Å². The number of aliphatic carboxylic acids is 3. The second-order valence-electron chi connectivity index (χ2n) is 3.85. The van der Waals surface area contributed by atoms with Gasteiger partial charge in [0.15, 0.2) is 0 Å². The lowest BCUT2D eigenvalue weighted by Gasteiger charge is -2.03. The van der Waals surface area contributed by atoms with Gasteiger partial charge in [-0.2, -0.15) is 0 Å². The van der Waals surface area contributed by atoms with Crippen LogP contribution in [0.5, 0.6) is 0 Å². The van der Waals surface area contributed by atoms with Gasteiger partial charge in [-0.15, -0.1) is 0 Å². The molecule has 0 rings (SSSR count). The highest BCUT2D eigenvalue weighted by Crippen LogP contribution is 1.97. The summed E-state index contributed by atoms with van der Waals surface area (Å²) in [6.07, 6.45) is 1.30. The van der Waals surface area contributed by atoms with Gasteiger partial charge >= 0.3 is 17.9 Å². The number of carboxylic acid groups (broad SMARTS) is 3. The molecule has 0 aromatic rings. The third-order valence-corrected chi connectivity index (χ3v) is 2.09. The van der Waals surface area contributed by atoms with Gasteiger partial charge in [-0.25, -0.2) is 4.79 Å². The molecular formula is C11H20N2O7. The lowest BCUT2D eigenvalue weighted by Crippen LogP contribution is -2.29. The SMILES string of the molecule is NCCCCC(N)C(=O)O.O=C(O)CCC(=O)C(=O)O. The number of hydrogen-bond donors (Lipinski definition) is 5. The summed E-state index contributed by atoms with van der Waals surface area (Å²) in [5, 5.41) is 24.3. The largest absolute Gasteiger partial charge is 0.481 e. The highest BCUT2D eigenvalue weighted by molar-refractivity contribution is 6.32. The fourth-order valence-electron chi connectivity index (χ4n) is 0.959. The summed E-state index contributed by atoms with van der Waals surface area (Å²) in [6.45, 7) is 0.604. The van der Waals surface area contributed by atoms with Gasteiger partial charge < -0.3 is 26.8 Å². The Kier molecular flexibility index (Phi) is 12.2. The molecule has 0 aromatic carbocycles. The Morgan fingerprint density at radius 2 is 1.50 bits per heavy atom. The second kappa shape index (κ2) is 12.1. The zero-order valence-corrected chi connectivity index (χ0v) is 10.9. The molecule has 116 valence electrons. The van der Waals surface area contributed by atoms with Crippen molar-refractivity contribution in [1.82, 2.24) is 0 Å². The molecule has 0 radical (unpaired) electrons. The summed E-state index contributed by atoms with van der Waals surface area (Å²) in [7, 11) is 0. The minimum Gasteiger partial charge on any atom is -0.481 e. The van der Waals surface area contributed by atoms with E-state index >= 15 is 0 Å². The van der Waals surface area contributed by atoms with E-state index in [9.17, 15) is 19.2 Å². The molecule has 9 nitrogen and oxygen atoms in total. The van der Waals surface area contributed by atoms with Crippen molar-refractivity contribution < 1.29 is 34.5 Å². The third-order valence-electron chi connectivity index (χ3n) is 2.09. The standard InChI is InChI=1S/C6H14N2O2.C5H6O5/c7-4-2-1-3-5(8)6(9)10;6-3(5(9)10)1-2-4(7)8/h5H,1-4,7-8H2,(H,9,10);1-2H2,(H,7,8)(H,9,10). The Labute approximate surface area is 115 Å². The summed E-state index contributed by atoms with van der Waals surface area (Å²) in [5.41, 5.74) is 10.4. The van der Waals surface area contributed by atoms with Gasteiger partial charge in [0.1, 0.15) is 6.04 Å². The fourth-order valence-corrected chi connectivity index (χ4v) is 0.959. The van der Waals surface area contributed by atoms with Crippen LogP contribution in [0.4, 0.5) is 0 Å². The number of nitrogens with two attached hydrogens (primary N) is 2. The van der Waals surface area contributed by atoms with Crippen LogP contribution in [-0.2, 0) is 19.2 Å². The van der Waals surface area contributed by atoms with Crippen molar-refractivity contribution in [2.75, 3.05) is 6.54 Å². The minimum absolute atomic E-state index is 0.425. The second-order valence-corrected chi connectivity index (χ2v) is 3.85. The molecule has 0 aliphatic rings. The molecule has 0 fully saturated rings. The van der Waals surface area contributed by atoms with Gasteiger partial charge in [-0.1, -0.05) is 6.42 Å². The highest BCUT2D eigenvalue weighted by Gasteiger charge is 2.12. The maximum absolute atomic E-state index is 10.2. The van der Waals surface area contributed by atoms with Gasteiger partial charge in [-0.05, 0) is 19.4 Å². The lowest BCUT2D eigenvalue weighted by molar-refractivity contribution is -0.149. The van der Waals surface area contributed by atoms with E-state index < -0.39 is 42.6 Å². The first-order valence-corrected chi connectivity index (χ1v) is 5.88. The summed E-state index contributed by atoms with van der Waals surface area (Å²) in [5.74, 6) is -4.75. The molecule has 0 aliphatic carbocycles. The van der Waals surface area contributed by atoms with Gasteiger partial charge in [-0.3, -0.25) is 14.4 Å². The molecule has 20 heavy (non-hydrogen) atoms. The van der Waals surface area contributed by atoms with Crippen LogP contribution in [0.25, 0.3) is 0 Å². The maximum Gasteiger partial charge on any atom is 0.372 e. The van der Waals surface area contributed by atoms with Crippen molar-refractivity contribution in [3.63, 3.8) is 0 Å². The molecule has 0 heterocycles. The molecule has 0 amide bonds. The van der Waals surface area contributed by atoms with Gasteiger partial charge in [0.05, 0.1) is 6.42 Å². The lowest BCUT2D eigenvalue weighted by atomic mass is 10.1. The van der Waals surface area contributed by atoms with E-state index in [1.807, 2.05) is 0 Å². The molecule has 0 aliphatic heterocycles. The van der Waals surface area contributed by atoms with E-state index in [0.29, 0.717) is 13.0 Å². The average Bonchev–Trinajstić information content (AvgIpc) is 2.36. The van der Waals surface area contributed by atoms with Crippen LogP contribution >= 0.6 is 0 Å². The summed E-state index contributed by atoms with van der Waals surface area (Å²) >= 11 is 0. The quantitative estimate of drug-likeness (QED) is 0.264. The molecule has 0 saturated heterocycles. The smallest absolute Gasteiger partial charge is 0.372 e. The summed E-state index contributed by atoms with van der Waals surface area (Å²) < 4.78 is 0. The number of carboxylic acids is 3. The average molecular weight is 292 g/mol. The van der Waals surface area contributed by atoms with Gasteiger partial charge in [0, 0.05) is 6.42 Å². The molecule has 0 bridgehead atoms. The van der Waals surface area contributed by atoms with Crippen LogP contribution < -0.4 is 11.5 Å². The van der Waals surface area contributed by atoms with Crippen molar-refractivity contribution in [3.05, 3.63) is 0 Å². The fraction of sp³-hybridized carbons (Fsp3) is 0.636. The minimum atomic E-state index is -1.58. The van der Waals surface area contributed by atoms with Crippen molar-refractivity contribution in [2.24, 2.45) is 11.5 Å². The number of carbonyl (C=O) groups excluding carboxylic acids is 1. The Balaban J connectivity index is 0. The van der Waals surface area contributed by atoms with Crippen LogP contribution in [0.15, 0.2) is 0 Å². The summed E-state index contributed by atoms with van der Waals surface area (Å²) in [4.78, 5) is 39.9. The number of unbranched alkanes of at least 4 members (excludes halogenated alkanes) is 1. The zero-order chi connectivity index (χ0) is 16.1. The Hall–Kier alpha value is -2.00. The Morgan fingerprint density at radius 3 is 1.85 bits per heavy atom. The van der Waals surface area contributed by atoms with Crippen LogP contribution in [0, 0.1) is 0 Å². The predicted molar refractivity (Wildman–Crippen MR) is 68.0 cm³/mol. The third kappa shape index (κ3) is 14.1. The molecule has 0 saturated carbocycles. The van der Waals surface area contributed by atoms with E-state index in [2.05, 4.69) is 0 Å². The van der Waals surface area contributed by atoms with Gasteiger partial charge in [0.2, 0.25) is 5.78 Å². The molecule has 1 unspecified atom stereocenters. The van der Waals surface area contributed by atoms with Crippen LogP contribution in [0.3, 0.4) is 0 Å². The highest BCUT2D eigenvalue weighted by atomic mass is 16.4. The van der Waals surface area contributed by atoms with E-state index in [0.717, 1.165) is 12.8 Å². The first-order chi connectivity index (χ1) is 9.22. The maximum atomic E-state index is 10.2. The Morgan fingerprint density at radius 1 is 0.950 bits per heavy atom. The van der Waals surface area contributed by atoms with Crippen molar-refractivity contribution in [1.29, 1.82) is 0 Å². The van der Waals surface area contributed by atoms with E-state index in [1.165, 1.54) is 0 Å². The number of rotatable bonds is 9. The molecular weight excluding hydrogens is 272 g/mol. The number of carbonyl (C=O) groups is 4. The molecule has 0 aromatic heterocycles. The molecule has 1 atom stereocenters. The molecule has 7 N–H and O–H groups in total. The monoisotopic (exact) mass is 292 g/mol. The van der Waals surface area contributed by atoms with Crippen LogP contribution in [-0.4, -0.2) is 51.6 Å². The number of Topliss-reactive ketones (excluding diaryl/α,β-unsaturated/α-hetero) is 1. The van der Waals surface area contributed by atoms with E-state index in [1.54, 1.807) is 0 Å². The first kappa shape index (κ1) is 20.3. The Bertz CT molecular complexity index is 344. The zero-order valence-electron chi connectivity index (χ0n) is 10.9. The van der Waals surface area contributed by atoms with E-state index in [-0.39, 0.29) is 0 Å². The van der Waals surface area contributed by atoms with Crippen LogP contribution in [0.1, 0.15) is 32.1 Å². The molecule has 9 heteroatoms. The predicted octanol–water partition coefficient (Wildman–Crippen LogP) is -0.968. The number of hydrogen-bond acceptors (Lipinski definition) is 6.